The van der Waals surface area contributed by atoms with Crippen molar-refractivity contribution in [1.82, 2.24) is 15.5 Å². The number of nitrogens with zero attached hydrogens (tertiary/aromatic N) is 1. The summed E-state index contributed by atoms with van der Waals surface area (Å²) < 4.78 is 5.92. The second-order valence-electron chi connectivity index (χ2n) is 6.32. The van der Waals surface area contributed by atoms with E-state index in [1.54, 1.807) is 0 Å². The summed E-state index contributed by atoms with van der Waals surface area (Å²) in [4.78, 5) is 13.7. The lowest BCUT2D eigenvalue weighted by Crippen LogP contribution is -2.48. The van der Waals surface area contributed by atoms with Gasteiger partial charge in [0, 0.05) is 36.1 Å². The molecule has 6 heteroatoms. The molecular weight excluding hydrogens is 326 g/mol. The highest BCUT2D eigenvalue weighted by molar-refractivity contribution is 6.31. The normalized spacial score (nSPS) is 17.2. The Labute approximate surface area is 147 Å². The fourth-order valence-corrected chi connectivity index (χ4v) is 3.38. The minimum Gasteiger partial charge on any atom is -0.459 e. The molecule has 2 aromatic rings. The van der Waals surface area contributed by atoms with Crippen molar-refractivity contribution in [1.29, 1.82) is 0 Å². The molecule has 1 atom stereocenters. The van der Waals surface area contributed by atoms with E-state index in [1.165, 1.54) is 0 Å². The van der Waals surface area contributed by atoms with E-state index < -0.39 is 0 Å². The quantitative estimate of drug-likeness (QED) is 0.879. The molecule has 2 N–H and O–H groups in total. The van der Waals surface area contributed by atoms with Crippen molar-refractivity contribution in [3.05, 3.63) is 35.0 Å². The van der Waals surface area contributed by atoms with Crippen LogP contribution in [0, 0.1) is 0 Å². The average Bonchev–Trinajstić information content (AvgIpc) is 2.99. The van der Waals surface area contributed by atoms with Crippen molar-refractivity contribution >= 4 is 28.6 Å². The number of rotatable bonds is 4. The lowest BCUT2D eigenvalue weighted by atomic mass is 10.0. The van der Waals surface area contributed by atoms with Gasteiger partial charge in [-0.25, -0.2) is 4.79 Å². The lowest BCUT2D eigenvalue weighted by Gasteiger charge is -2.33. The molecule has 1 aliphatic heterocycles. The topological polar surface area (TPSA) is 57.5 Å². The van der Waals surface area contributed by atoms with E-state index in [2.05, 4.69) is 17.6 Å². The summed E-state index contributed by atoms with van der Waals surface area (Å²) in [7, 11) is 0. The summed E-state index contributed by atoms with van der Waals surface area (Å²) in [6.07, 6.45) is 1.90. The summed E-state index contributed by atoms with van der Waals surface area (Å²) in [5.41, 5.74) is 0.856. The Bertz CT molecular complexity index is 707. The Morgan fingerprint density at radius 2 is 2.12 bits per heavy atom. The van der Waals surface area contributed by atoms with Crippen LogP contribution in [0.4, 0.5) is 4.79 Å². The maximum absolute atomic E-state index is 11.8. The average molecular weight is 350 g/mol. The smallest absolute Gasteiger partial charge is 0.317 e. The number of furan rings is 1. The van der Waals surface area contributed by atoms with E-state index >= 15 is 0 Å². The van der Waals surface area contributed by atoms with Gasteiger partial charge in [0.25, 0.3) is 0 Å². The van der Waals surface area contributed by atoms with Crippen LogP contribution >= 0.6 is 11.6 Å². The Kier molecular flexibility index (Phi) is 5.31. The number of likely N-dealkylation sites (tertiary alicyclic amines) is 1. The SMILES string of the molecule is CCNC(=O)N1CCC(N[C@H](C)c2cc3cc(Cl)ccc3o2)CC1. The minimum absolute atomic E-state index is 0.0400. The molecule has 1 aromatic heterocycles. The number of carbonyl (C=O) groups is 1. The van der Waals surface area contributed by atoms with Gasteiger partial charge in [-0.1, -0.05) is 11.6 Å². The molecule has 0 saturated carbocycles. The number of halogens is 1. The fourth-order valence-electron chi connectivity index (χ4n) is 3.20. The summed E-state index contributed by atoms with van der Waals surface area (Å²) >= 11 is 6.03. The molecule has 0 radical (unpaired) electrons. The second kappa shape index (κ2) is 7.45. The van der Waals surface area contributed by atoms with Crippen molar-refractivity contribution in [2.75, 3.05) is 19.6 Å². The second-order valence-corrected chi connectivity index (χ2v) is 6.75. The first-order valence-corrected chi connectivity index (χ1v) is 8.92. The molecule has 1 aliphatic rings. The molecule has 0 aliphatic carbocycles. The molecule has 0 spiro atoms. The van der Waals surface area contributed by atoms with Crippen LogP contribution in [-0.2, 0) is 0 Å². The molecule has 1 aromatic carbocycles. The standard InChI is InChI=1S/C18H24ClN3O2/c1-3-20-18(23)22-8-6-15(7-9-22)21-12(2)17-11-13-10-14(19)4-5-16(13)24-17/h4-5,10-12,15,21H,3,6-9H2,1-2H3,(H,20,23)/t12-/m1/s1. The third kappa shape index (κ3) is 3.84. The molecule has 5 nitrogen and oxygen atoms in total. The third-order valence-corrected chi connectivity index (χ3v) is 4.76. The zero-order valence-corrected chi connectivity index (χ0v) is 14.9. The van der Waals surface area contributed by atoms with Crippen molar-refractivity contribution in [2.45, 2.75) is 38.8 Å². The zero-order chi connectivity index (χ0) is 17.1. The van der Waals surface area contributed by atoms with Gasteiger partial charge in [-0.2, -0.15) is 0 Å². The van der Waals surface area contributed by atoms with Crippen LogP contribution in [-0.4, -0.2) is 36.6 Å². The summed E-state index contributed by atoms with van der Waals surface area (Å²) in [5.74, 6) is 0.915. The van der Waals surface area contributed by atoms with Gasteiger partial charge in [-0.15, -0.1) is 0 Å². The number of hydrogen-bond acceptors (Lipinski definition) is 3. The highest BCUT2D eigenvalue weighted by atomic mass is 35.5. The number of urea groups is 1. The molecule has 3 rings (SSSR count). The molecule has 2 heterocycles. The van der Waals surface area contributed by atoms with Gasteiger partial charge in [-0.3, -0.25) is 0 Å². The highest BCUT2D eigenvalue weighted by Gasteiger charge is 2.24. The number of hydrogen-bond donors (Lipinski definition) is 2. The van der Waals surface area contributed by atoms with Crippen LogP contribution in [0.1, 0.15) is 38.5 Å². The van der Waals surface area contributed by atoms with Gasteiger partial charge in [0.15, 0.2) is 0 Å². The number of fused-ring (bicyclic) bond motifs is 1. The van der Waals surface area contributed by atoms with Crippen LogP contribution < -0.4 is 10.6 Å². The Hall–Kier alpha value is -1.72. The van der Waals surface area contributed by atoms with Crippen LogP contribution in [0.3, 0.4) is 0 Å². The number of nitrogens with one attached hydrogen (secondary N) is 2. The number of piperidine rings is 1. The summed E-state index contributed by atoms with van der Waals surface area (Å²) in [6.45, 7) is 6.28. The zero-order valence-electron chi connectivity index (χ0n) is 14.1. The lowest BCUT2D eigenvalue weighted by molar-refractivity contribution is 0.174. The van der Waals surface area contributed by atoms with Gasteiger partial charge >= 0.3 is 6.03 Å². The monoisotopic (exact) mass is 349 g/mol. The largest absolute Gasteiger partial charge is 0.459 e. The van der Waals surface area contributed by atoms with Crippen LogP contribution in [0.25, 0.3) is 11.0 Å². The molecule has 0 unspecified atom stereocenters. The van der Waals surface area contributed by atoms with Crippen molar-refractivity contribution < 1.29 is 9.21 Å². The predicted octanol–water partition coefficient (Wildman–Crippen LogP) is 3.93. The summed E-state index contributed by atoms with van der Waals surface area (Å²) in [6, 6.07) is 8.26. The Balaban J connectivity index is 1.57. The Morgan fingerprint density at radius 3 is 2.83 bits per heavy atom. The van der Waals surface area contributed by atoms with Crippen LogP contribution in [0.5, 0.6) is 0 Å². The van der Waals surface area contributed by atoms with E-state index in [1.807, 2.05) is 36.1 Å². The van der Waals surface area contributed by atoms with Crippen molar-refractivity contribution in [2.24, 2.45) is 0 Å². The number of benzene rings is 1. The molecule has 1 fully saturated rings. The minimum atomic E-state index is 0.0400. The van der Waals surface area contributed by atoms with E-state index in [-0.39, 0.29) is 12.1 Å². The third-order valence-electron chi connectivity index (χ3n) is 4.52. The van der Waals surface area contributed by atoms with E-state index in [0.29, 0.717) is 17.6 Å². The molecular formula is C18H24ClN3O2. The van der Waals surface area contributed by atoms with Gasteiger partial charge in [-0.05, 0) is 51.0 Å². The summed E-state index contributed by atoms with van der Waals surface area (Å²) in [5, 5.41) is 8.22. The first-order chi connectivity index (χ1) is 11.6. The highest BCUT2D eigenvalue weighted by Crippen LogP contribution is 2.27. The molecule has 2 amide bonds. The molecule has 24 heavy (non-hydrogen) atoms. The maximum atomic E-state index is 11.8. The van der Waals surface area contributed by atoms with Gasteiger partial charge in [0.2, 0.25) is 0 Å². The van der Waals surface area contributed by atoms with E-state index in [0.717, 1.165) is 42.7 Å². The van der Waals surface area contributed by atoms with Crippen LogP contribution in [0.2, 0.25) is 5.02 Å². The first-order valence-electron chi connectivity index (χ1n) is 8.54. The van der Waals surface area contributed by atoms with E-state index in [4.69, 9.17) is 16.0 Å². The van der Waals surface area contributed by atoms with Gasteiger partial charge in [0.1, 0.15) is 11.3 Å². The number of carbonyl (C=O) groups excluding carboxylic acids is 1. The number of amides is 2. The first kappa shape index (κ1) is 17.1. The molecule has 1 saturated heterocycles. The van der Waals surface area contributed by atoms with E-state index in [9.17, 15) is 4.79 Å². The molecule has 130 valence electrons. The fraction of sp³-hybridized carbons (Fsp3) is 0.500. The maximum Gasteiger partial charge on any atom is 0.317 e. The Morgan fingerprint density at radius 1 is 1.38 bits per heavy atom. The van der Waals surface area contributed by atoms with Gasteiger partial charge in [0.05, 0.1) is 6.04 Å². The molecule has 0 bridgehead atoms. The van der Waals surface area contributed by atoms with Crippen LogP contribution in [0.15, 0.2) is 28.7 Å². The van der Waals surface area contributed by atoms with Crippen molar-refractivity contribution in [3.8, 4) is 0 Å². The van der Waals surface area contributed by atoms with Gasteiger partial charge < -0.3 is 20.0 Å². The predicted molar refractivity (Wildman–Crippen MR) is 96.4 cm³/mol. The van der Waals surface area contributed by atoms with Crippen molar-refractivity contribution in [3.63, 3.8) is 0 Å².